The Bertz CT molecular complexity index is 1230. The molecule has 0 aliphatic rings. The van der Waals surface area contributed by atoms with E-state index in [2.05, 4.69) is 59.7 Å². The SMILES string of the molecule is CC(C)(C)c1ccc(S(=O)(=O)NCCCc2nc3cc4ccccc4cc3[nH]2)cc1. The van der Waals surface area contributed by atoms with Crippen LogP contribution in [0.15, 0.2) is 65.6 Å². The molecule has 2 N–H and O–H groups in total. The number of rotatable bonds is 6. The van der Waals surface area contributed by atoms with Gasteiger partial charge in [0.15, 0.2) is 0 Å². The number of hydrogen-bond donors (Lipinski definition) is 2. The highest BCUT2D eigenvalue weighted by Gasteiger charge is 2.17. The van der Waals surface area contributed by atoms with Crippen molar-refractivity contribution in [1.29, 1.82) is 0 Å². The molecule has 4 aromatic rings. The van der Waals surface area contributed by atoms with Crippen LogP contribution in [0.1, 0.15) is 38.6 Å². The van der Waals surface area contributed by atoms with Gasteiger partial charge in [-0.1, -0.05) is 57.2 Å². The van der Waals surface area contributed by atoms with E-state index < -0.39 is 10.0 Å². The van der Waals surface area contributed by atoms with E-state index in [1.165, 1.54) is 5.39 Å². The van der Waals surface area contributed by atoms with Gasteiger partial charge in [-0.25, -0.2) is 18.1 Å². The summed E-state index contributed by atoms with van der Waals surface area (Å²) >= 11 is 0. The summed E-state index contributed by atoms with van der Waals surface area (Å²) in [6.45, 7) is 6.68. The minimum absolute atomic E-state index is 0.00580. The second-order valence-electron chi connectivity index (χ2n) is 8.68. The molecule has 3 aromatic carbocycles. The van der Waals surface area contributed by atoms with E-state index in [4.69, 9.17) is 0 Å². The highest BCUT2D eigenvalue weighted by molar-refractivity contribution is 7.89. The van der Waals surface area contributed by atoms with Gasteiger partial charge in [-0.15, -0.1) is 0 Å². The molecule has 0 spiro atoms. The van der Waals surface area contributed by atoms with Crippen LogP contribution >= 0.6 is 0 Å². The van der Waals surface area contributed by atoms with Crippen molar-refractivity contribution in [3.05, 3.63) is 72.1 Å². The van der Waals surface area contributed by atoms with Gasteiger partial charge in [-0.3, -0.25) is 0 Å². The number of nitrogens with zero attached hydrogens (tertiary/aromatic N) is 1. The lowest BCUT2D eigenvalue weighted by Crippen LogP contribution is -2.25. The Balaban J connectivity index is 1.37. The van der Waals surface area contributed by atoms with Crippen LogP contribution in [-0.4, -0.2) is 24.9 Å². The van der Waals surface area contributed by atoms with Crippen molar-refractivity contribution in [3.8, 4) is 0 Å². The third-order valence-corrected chi connectivity index (χ3v) is 6.79. The third kappa shape index (κ3) is 4.40. The molecule has 0 saturated heterocycles. The van der Waals surface area contributed by atoms with Crippen LogP contribution < -0.4 is 4.72 Å². The molecule has 0 saturated carbocycles. The van der Waals surface area contributed by atoms with E-state index in [1.54, 1.807) is 12.1 Å². The Morgan fingerprint density at radius 2 is 1.63 bits per heavy atom. The first-order valence-electron chi connectivity index (χ1n) is 10.2. The molecular weight excluding hydrogens is 394 g/mol. The summed E-state index contributed by atoms with van der Waals surface area (Å²) in [5.41, 5.74) is 3.04. The summed E-state index contributed by atoms with van der Waals surface area (Å²) in [6, 6.07) is 19.5. The van der Waals surface area contributed by atoms with Gasteiger partial charge in [0.1, 0.15) is 5.82 Å². The lowest BCUT2D eigenvalue weighted by molar-refractivity contribution is 0.576. The number of benzene rings is 3. The smallest absolute Gasteiger partial charge is 0.240 e. The summed E-state index contributed by atoms with van der Waals surface area (Å²) in [7, 11) is -3.51. The number of aryl methyl sites for hydroxylation is 1. The fraction of sp³-hybridized carbons (Fsp3) is 0.292. The lowest BCUT2D eigenvalue weighted by Gasteiger charge is -2.19. The Kier molecular flexibility index (Phi) is 5.38. The largest absolute Gasteiger partial charge is 0.342 e. The molecule has 0 aliphatic heterocycles. The van der Waals surface area contributed by atoms with Crippen molar-refractivity contribution in [2.24, 2.45) is 0 Å². The van der Waals surface area contributed by atoms with Gasteiger partial charge in [0.05, 0.1) is 15.9 Å². The number of hydrogen-bond acceptors (Lipinski definition) is 3. The van der Waals surface area contributed by atoms with Crippen molar-refractivity contribution in [1.82, 2.24) is 14.7 Å². The third-order valence-electron chi connectivity index (χ3n) is 5.31. The van der Waals surface area contributed by atoms with E-state index in [1.807, 2.05) is 24.3 Å². The van der Waals surface area contributed by atoms with Gasteiger partial charge in [0.25, 0.3) is 0 Å². The summed E-state index contributed by atoms with van der Waals surface area (Å²) in [5, 5.41) is 2.33. The highest BCUT2D eigenvalue weighted by Crippen LogP contribution is 2.24. The zero-order chi connectivity index (χ0) is 21.4. The molecule has 156 valence electrons. The molecule has 1 heterocycles. The first-order valence-corrected chi connectivity index (χ1v) is 11.7. The van der Waals surface area contributed by atoms with Crippen molar-refractivity contribution < 1.29 is 8.42 Å². The predicted molar refractivity (Wildman–Crippen MR) is 122 cm³/mol. The van der Waals surface area contributed by atoms with E-state index in [9.17, 15) is 8.42 Å². The molecule has 4 rings (SSSR count). The summed E-state index contributed by atoms with van der Waals surface area (Å²) in [4.78, 5) is 8.30. The maximum atomic E-state index is 12.5. The van der Waals surface area contributed by atoms with Gasteiger partial charge in [-0.05, 0) is 52.4 Å². The van der Waals surface area contributed by atoms with Gasteiger partial charge in [0, 0.05) is 13.0 Å². The van der Waals surface area contributed by atoms with Gasteiger partial charge in [-0.2, -0.15) is 0 Å². The van der Waals surface area contributed by atoms with Crippen molar-refractivity contribution in [2.75, 3.05) is 6.54 Å². The van der Waals surface area contributed by atoms with Crippen LogP contribution in [0.3, 0.4) is 0 Å². The second-order valence-corrected chi connectivity index (χ2v) is 10.4. The van der Waals surface area contributed by atoms with E-state index >= 15 is 0 Å². The molecule has 0 atom stereocenters. The van der Waals surface area contributed by atoms with Crippen LogP contribution in [0, 0.1) is 0 Å². The molecule has 6 heteroatoms. The molecule has 0 fully saturated rings. The lowest BCUT2D eigenvalue weighted by atomic mass is 9.87. The number of sulfonamides is 1. The van der Waals surface area contributed by atoms with Gasteiger partial charge >= 0.3 is 0 Å². The predicted octanol–water partition coefficient (Wildman–Crippen LogP) is 4.92. The molecule has 0 radical (unpaired) electrons. The van der Waals surface area contributed by atoms with E-state index in [0.29, 0.717) is 24.3 Å². The average molecular weight is 422 g/mol. The summed E-state index contributed by atoms with van der Waals surface area (Å²) in [6.07, 6.45) is 1.34. The zero-order valence-electron chi connectivity index (χ0n) is 17.6. The highest BCUT2D eigenvalue weighted by atomic mass is 32.2. The normalized spacial score (nSPS) is 12.6. The Morgan fingerprint density at radius 3 is 2.30 bits per heavy atom. The maximum absolute atomic E-state index is 12.5. The molecule has 0 aliphatic carbocycles. The second kappa shape index (κ2) is 7.85. The standard InChI is InChI=1S/C24H27N3O2S/c1-24(2,3)19-10-12-20(13-11-19)30(28,29)25-14-6-9-23-26-21-15-17-7-4-5-8-18(17)16-22(21)27-23/h4-5,7-8,10-13,15-16,25H,6,9,14H2,1-3H3,(H,26,27). The molecule has 5 nitrogen and oxygen atoms in total. The number of aromatic nitrogens is 2. The number of imidazole rings is 1. The minimum atomic E-state index is -3.51. The van der Waals surface area contributed by atoms with Crippen LogP contribution in [0.25, 0.3) is 21.8 Å². The number of H-pyrrole nitrogens is 1. The maximum Gasteiger partial charge on any atom is 0.240 e. The Hall–Kier alpha value is -2.70. The van der Waals surface area contributed by atoms with Crippen LogP contribution in [0.2, 0.25) is 0 Å². The summed E-state index contributed by atoms with van der Waals surface area (Å²) in [5.74, 6) is 0.869. The number of aromatic amines is 1. The molecular formula is C24H27N3O2S. The fourth-order valence-corrected chi connectivity index (χ4v) is 4.62. The van der Waals surface area contributed by atoms with E-state index in [-0.39, 0.29) is 5.41 Å². The van der Waals surface area contributed by atoms with Crippen LogP contribution in [-0.2, 0) is 21.9 Å². The monoisotopic (exact) mass is 421 g/mol. The number of fused-ring (bicyclic) bond motifs is 2. The molecule has 30 heavy (non-hydrogen) atoms. The topological polar surface area (TPSA) is 74.8 Å². The minimum Gasteiger partial charge on any atom is -0.342 e. The van der Waals surface area contributed by atoms with E-state index in [0.717, 1.165) is 27.8 Å². The zero-order valence-corrected chi connectivity index (χ0v) is 18.4. The summed E-state index contributed by atoms with van der Waals surface area (Å²) < 4.78 is 27.8. The Labute approximate surface area is 177 Å². The first kappa shape index (κ1) is 20.6. The van der Waals surface area contributed by atoms with Crippen LogP contribution in [0.4, 0.5) is 0 Å². The van der Waals surface area contributed by atoms with Gasteiger partial charge < -0.3 is 4.98 Å². The van der Waals surface area contributed by atoms with Gasteiger partial charge in [0.2, 0.25) is 10.0 Å². The quantitative estimate of drug-likeness (QED) is 0.434. The first-order chi connectivity index (χ1) is 14.2. The molecule has 1 aromatic heterocycles. The van der Waals surface area contributed by atoms with Crippen molar-refractivity contribution in [2.45, 2.75) is 43.9 Å². The Morgan fingerprint density at radius 1 is 0.967 bits per heavy atom. The van der Waals surface area contributed by atoms with Crippen molar-refractivity contribution >= 4 is 31.8 Å². The average Bonchev–Trinajstić information content (AvgIpc) is 3.10. The number of nitrogens with one attached hydrogen (secondary N) is 2. The van der Waals surface area contributed by atoms with Crippen LogP contribution in [0.5, 0.6) is 0 Å². The van der Waals surface area contributed by atoms with Crippen molar-refractivity contribution in [3.63, 3.8) is 0 Å². The molecule has 0 amide bonds. The molecule has 0 unspecified atom stereocenters. The fourth-order valence-electron chi connectivity index (χ4n) is 3.55. The molecule has 0 bridgehead atoms.